The lowest BCUT2D eigenvalue weighted by Crippen LogP contribution is -2.16. The molecule has 0 spiro atoms. The first-order valence-electron chi connectivity index (χ1n) is 6.05. The molecule has 1 aliphatic rings. The third-order valence-electron chi connectivity index (χ3n) is 3.32. The molecule has 1 aromatic heterocycles. The average Bonchev–Trinajstić information content (AvgIpc) is 2.78. The summed E-state index contributed by atoms with van der Waals surface area (Å²) in [5.41, 5.74) is 5.92. The number of aryl methyl sites for hydroxylation is 1. The Hall–Kier alpha value is -0.830. The Morgan fingerprint density at radius 3 is 3.07 bits per heavy atom. The molecule has 3 nitrogen and oxygen atoms in total. The molecule has 0 amide bonds. The Labute approximate surface area is 91.7 Å². The molecule has 84 valence electrons. The predicted octanol–water partition coefficient (Wildman–Crippen LogP) is 1.96. The van der Waals surface area contributed by atoms with Crippen LogP contribution < -0.4 is 5.73 Å². The second kappa shape index (κ2) is 4.79. The molecule has 2 atom stereocenters. The molecule has 1 heterocycles. The monoisotopic (exact) mass is 207 g/mol. The first-order valence-corrected chi connectivity index (χ1v) is 6.05. The molecule has 3 heteroatoms. The Balaban J connectivity index is 1.95. The van der Waals surface area contributed by atoms with Gasteiger partial charge in [0.1, 0.15) is 5.82 Å². The maximum absolute atomic E-state index is 5.92. The highest BCUT2D eigenvalue weighted by Crippen LogP contribution is 2.26. The zero-order chi connectivity index (χ0) is 10.7. The van der Waals surface area contributed by atoms with Gasteiger partial charge in [-0.05, 0) is 31.6 Å². The van der Waals surface area contributed by atoms with Crippen LogP contribution in [0.4, 0.5) is 0 Å². The highest BCUT2D eigenvalue weighted by Gasteiger charge is 2.23. The predicted molar refractivity (Wildman–Crippen MR) is 61.5 cm³/mol. The van der Waals surface area contributed by atoms with Gasteiger partial charge in [0.05, 0.1) is 0 Å². The molecule has 1 fully saturated rings. The lowest BCUT2D eigenvalue weighted by atomic mass is 10.0. The quantitative estimate of drug-likeness (QED) is 0.820. The standard InChI is InChI=1S/C12H21N3/c1-2-6-15-7-5-14-12(15)9-10-3-4-11(13)8-10/h5,7,10-11H,2-4,6,8-9,13H2,1H3. The van der Waals surface area contributed by atoms with Gasteiger partial charge in [0.25, 0.3) is 0 Å². The van der Waals surface area contributed by atoms with Gasteiger partial charge in [-0.2, -0.15) is 0 Å². The van der Waals surface area contributed by atoms with Gasteiger partial charge in [0.15, 0.2) is 0 Å². The molecule has 0 aliphatic heterocycles. The lowest BCUT2D eigenvalue weighted by Gasteiger charge is -2.11. The van der Waals surface area contributed by atoms with Crippen molar-refractivity contribution in [2.75, 3.05) is 0 Å². The zero-order valence-electron chi connectivity index (χ0n) is 9.52. The van der Waals surface area contributed by atoms with Gasteiger partial charge >= 0.3 is 0 Å². The minimum absolute atomic E-state index is 0.435. The zero-order valence-corrected chi connectivity index (χ0v) is 9.52. The van der Waals surface area contributed by atoms with E-state index in [1.54, 1.807) is 0 Å². The van der Waals surface area contributed by atoms with Gasteiger partial charge in [0, 0.05) is 31.4 Å². The maximum Gasteiger partial charge on any atom is 0.108 e. The summed E-state index contributed by atoms with van der Waals surface area (Å²) >= 11 is 0. The topological polar surface area (TPSA) is 43.8 Å². The fraction of sp³-hybridized carbons (Fsp3) is 0.750. The van der Waals surface area contributed by atoms with E-state index in [0.717, 1.165) is 18.9 Å². The number of nitrogens with zero attached hydrogens (tertiary/aromatic N) is 2. The van der Waals surface area contributed by atoms with E-state index in [2.05, 4.69) is 22.7 Å². The summed E-state index contributed by atoms with van der Waals surface area (Å²) in [6, 6.07) is 0.435. The highest BCUT2D eigenvalue weighted by molar-refractivity contribution is 4.96. The molecule has 1 aliphatic carbocycles. The average molecular weight is 207 g/mol. The van der Waals surface area contributed by atoms with Crippen LogP contribution in [0.5, 0.6) is 0 Å². The van der Waals surface area contributed by atoms with Crippen LogP contribution >= 0.6 is 0 Å². The van der Waals surface area contributed by atoms with Crippen LogP contribution in [0.1, 0.15) is 38.4 Å². The summed E-state index contributed by atoms with van der Waals surface area (Å²) in [6.07, 6.45) is 9.94. The normalized spacial score (nSPS) is 26.0. The van der Waals surface area contributed by atoms with Crippen LogP contribution in [0.15, 0.2) is 12.4 Å². The number of aromatic nitrogens is 2. The second-order valence-electron chi connectivity index (χ2n) is 4.68. The van der Waals surface area contributed by atoms with E-state index in [4.69, 9.17) is 5.73 Å². The molecular formula is C12H21N3. The van der Waals surface area contributed by atoms with Crippen molar-refractivity contribution >= 4 is 0 Å². The van der Waals surface area contributed by atoms with E-state index in [1.807, 2.05) is 6.20 Å². The number of hydrogen-bond acceptors (Lipinski definition) is 2. The van der Waals surface area contributed by atoms with Crippen molar-refractivity contribution < 1.29 is 0 Å². The van der Waals surface area contributed by atoms with E-state index in [0.29, 0.717) is 6.04 Å². The highest BCUT2D eigenvalue weighted by atomic mass is 15.1. The van der Waals surface area contributed by atoms with Crippen LogP contribution in [0.3, 0.4) is 0 Å². The number of nitrogens with two attached hydrogens (primary N) is 1. The van der Waals surface area contributed by atoms with E-state index in [-0.39, 0.29) is 0 Å². The number of imidazole rings is 1. The first kappa shape index (κ1) is 10.7. The first-order chi connectivity index (χ1) is 7.29. The molecular weight excluding hydrogens is 186 g/mol. The fourth-order valence-corrected chi connectivity index (χ4v) is 2.53. The molecule has 2 N–H and O–H groups in total. The minimum atomic E-state index is 0.435. The maximum atomic E-state index is 5.92. The molecule has 1 aromatic rings. The molecule has 0 aromatic carbocycles. The van der Waals surface area contributed by atoms with Gasteiger partial charge in [-0.3, -0.25) is 0 Å². The van der Waals surface area contributed by atoms with Crippen LogP contribution in [0, 0.1) is 5.92 Å². The Morgan fingerprint density at radius 1 is 1.53 bits per heavy atom. The van der Waals surface area contributed by atoms with Gasteiger partial charge in [0.2, 0.25) is 0 Å². The van der Waals surface area contributed by atoms with Crippen LogP contribution in [0.25, 0.3) is 0 Å². The van der Waals surface area contributed by atoms with Gasteiger partial charge in [-0.25, -0.2) is 4.98 Å². The summed E-state index contributed by atoms with van der Waals surface area (Å²) in [5, 5.41) is 0. The lowest BCUT2D eigenvalue weighted by molar-refractivity contribution is 0.499. The van der Waals surface area contributed by atoms with Gasteiger partial charge in [-0.15, -0.1) is 0 Å². The molecule has 15 heavy (non-hydrogen) atoms. The molecule has 2 rings (SSSR count). The van der Waals surface area contributed by atoms with Crippen molar-refractivity contribution in [1.82, 2.24) is 9.55 Å². The Kier molecular flexibility index (Phi) is 3.41. The van der Waals surface area contributed by atoms with Gasteiger partial charge < -0.3 is 10.3 Å². The summed E-state index contributed by atoms with van der Waals surface area (Å²) in [7, 11) is 0. The van der Waals surface area contributed by atoms with Crippen molar-refractivity contribution in [3.63, 3.8) is 0 Å². The molecule has 2 unspecified atom stereocenters. The van der Waals surface area contributed by atoms with E-state index < -0.39 is 0 Å². The van der Waals surface area contributed by atoms with Crippen molar-refractivity contribution in [1.29, 1.82) is 0 Å². The molecule has 0 radical (unpaired) electrons. The van der Waals surface area contributed by atoms with E-state index in [9.17, 15) is 0 Å². The third-order valence-corrected chi connectivity index (χ3v) is 3.32. The molecule has 1 saturated carbocycles. The van der Waals surface area contributed by atoms with Crippen LogP contribution in [-0.4, -0.2) is 15.6 Å². The van der Waals surface area contributed by atoms with Crippen LogP contribution in [-0.2, 0) is 13.0 Å². The van der Waals surface area contributed by atoms with Crippen LogP contribution in [0.2, 0.25) is 0 Å². The largest absolute Gasteiger partial charge is 0.335 e. The second-order valence-corrected chi connectivity index (χ2v) is 4.68. The SMILES string of the molecule is CCCn1ccnc1CC1CCC(N)C1. The van der Waals surface area contributed by atoms with Crippen molar-refractivity contribution in [3.05, 3.63) is 18.2 Å². The summed E-state index contributed by atoms with van der Waals surface area (Å²) in [6.45, 7) is 3.30. The fourth-order valence-electron chi connectivity index (χ4n) is 2.53. The van der Waals surface area contributed by atoms with Gasteiger partial charge in [-0.1, -0.05) is 6.92 Å². The molecule has 0 saturated heterocycles. The Bertz CT molecular complexity index is 306. The summed E-state index contributed by atoms with van der Waals surface area (Å²) < 4.78 is 2.28. The smallest absolute Gasteiger partial charge is 0.108 e. The molecule has 0 bridgehead atoms. The third kappa shape index (κ3) is 2.59. The van der Waals surface area contributed by atoms with Crippen molar-refractivity contribution in [2.45, 2.75) is 51.6 Å². The summed E-state index contributed by atoms with van der Waals surface area (Å²) in [4.78, 5) is 4.45. The number of hydrogen-bond donors (Lipinski definition) is 1. The minimum Gasteiger partial charge on any atom is -0.335 e. The van der Waals surface area contributed by atoms with E-state index in [1.165, 1.54) is 31.5 Å². The Morgan fingerprint density at radius 2 is 2.40 bits per heavy atom. The van der Waals surface area contributed by atoms with Crippen molar-refractivity contribution in [3.8, 4) is 0 Å². The number of rotatable bonds is 4. The summed E-state index contributed by atoms with van der Waals surface area (Å²) in [5.74, 6) is 2.01. The van der Waals surface area contributed by atoms with E-state index >= 15 is 0 Å². The van der Waals surface area contributed by atoms with Crippen molar-refractivity contribution in [2.24, 2.45) is 11.7 Å².